The number of hydrogen-bond acceptors (Lipinski definition) is 6. The average Bonchev–Trinajstić information content (AvgIpc) is 3.19. The van der Waals surface area contributed by atoms with Gasteiger partial charge in [-0.1, -0.05) is 18.2 Å². The van der Waals surface area contributed by atoms with Crippen molar-refractivity contribution < 1.29 is 23.9 Å². The molecule has 1 heterocycles. The van der Waals surface area contributed by atoms with E-state index in [9.17, 15) is 14.4 Å². The van der Waals surface area contributed by atoms with E-state index in [1.807, 2.05) is 24.4 Å². The lowest BCUT2D eigenvalue weighted by Crippen LogP contribution is -2.30. The number of ether oxygens (including phenoxy) is 2. The van der Waals surface area contributed by atoms with Crippen molar-refractivity contribution in [3.05, 3.63) is 63.9 Å². The maximum Gasteiger partial charge on any atom is 0.337 e. The minimum absolute atomic E-state index is 0.134. The van der Waals surface area contributed by atoms with E-state index in [-0.39, 0.29) is 18.6 Å². The summed E-state index contributed by atoms with van der Waals surface area (Å²) in [5, 5.41) is 4.69. The lowest BCUT2D eigenvalue weighted by molar-refractivity contribution is -0.144. The van der Waals surface area contributed by atoms with Crippen molar-refractivity contribution in [2.75, 3.05) is 13.7 Å². The number of amides is 1. The Hall–Kier alpha value is -2.93. The summed E-state index contributed by atoms with van der Waals surface area (Å²) >= 11 is 1.54. The number of benzene rings is 1. The summed E-state index contributed by atoms with van der Waals surface area (Å²) in [5.41, 5.74) is 1.13. The van der Waals surface area contributed by atoms with Crippen molar-refractivity contribution in [1.29, 1.82) is 0 Å². The molecule has 0 saturated heterocycles. The molecule has 0 aliphatic rings. The summed E-state index contributed by atoms with van der Waals surface area (Å²) in [6, 6.07) is 10.2. The third-order valence-corrected chi connectivity index (χ3v) is 4.49. The van der Waals surface area contributed by atoms with Gasteiger partial charge in [0, 0.05) is 11.0 Å². The summed E-state index contributed by atoms with van der Waals surface area (Å²) in [5.74, 6) is -1.42. The molecular formula is C19H19NO5S. The van der Waals surface area contributed by atoms with Crippen molar-refractivity contribution in [3.63, 3.8) is 0 Å². The quantitative estimate of drug-likeness (QED) is 0.596. The van der Waals surface area contributed by atoms with Crippen LogP contribution in [-0.4, -0.2) is 31.6 Å². The van der Waals surface area contributed by atoms with Crippen molar-refractivity contribution in [1.82, 2.24) is 5.32 Å². The van der Waals surface area contributed by atoms with Crippen LogP contribution in [0.1, 0.15) is 33.8 Å². The number of esters is 2. The van der Waals surface area contributed by atoms with Crippen LogP contribution < -0.4 is 5.32 Å². The maximum atomic E-state index is 11.8. The zero-order chi connectivity index (χ0) is 18.9. The molecule has 0 spiro atoms. The highest BCUT2D eigenvalue weighted by atomic mass is 32.1. The molecule has 2 rings (SSSR count). The van der Waals surface area contributed by atoms with Crippen molar-refractivity contribution in [2.24, 2.45) is 0 Å². The van der Waals surface area contributed by atoms with Crippen molar-refractivity contribution in [3.8, 4) is 0 Å². The van der Waals surface area contributed by atoms with Crippen LogP contribution in [0.15, 0.2) is 47.9 Å². The fourth-order valence-electron chi connectivity index (χ4n) is 2.09. The molecule has 0 fully saturated rings. The monoisotopic (exact) mass is 373 g/mol. The van der Waals surface area contributed by atoms with Gasteiger partial charge in [0.05, 0.1) is 18.7 Å². The first-order chi connectivity index (χ1) is 12.5. The number of hydrogen-bond donors (Lipinski definition) is 1. The predicted octanol–water partition coefficient (Wildman–Crippen LogP) is 2.97. The van der Waals surface area contributed by atoms with E-state index in [4.69, 9.17) is 4.74 Å². The standard InChI is InChI=1S/C19H19NO5S/c1-13(16-4-3-11-26-16)20-17(21)12-25-18(22)10-7-14-5-8-15(9-6-14)19(23)24-2/h3-11,13H,12H2,1-2H3,(H,20,21)/b10-7+/t13-/m1/s1. The van der Waals surface area contributed by atoms with Gasteiger partial charge in [0.2, 0.25) is 0 Å². The molecule has 0 aliphatic carbocycles. The van der Waals surface area contributed by atoms with Crippen LogP contribution in [0.4, 0.5) is 0 Å². The highest BCUT2D eigenvalue weighted by Gasteiger charge is 2.11. The molecule has 0 saturated carbocycles. The molecule has 1 amide bonds. The molecule has 0 aliphatic heterocycles. The van der Waals surface area contributed by atoms with E-state index >= 15 is 0 Å². The molecular weight excluding hydrogens is 354 g/mol. The van der Waals surface area contributed by atoms with Gasteiger partial charge in [-0.2, -0.15) is 0 Å². The van der Waals surface area contributed by atoms with Crippen LogP contribution in [0.25, 0.3) is 6.08 Å². The molecule has 2 aromatic rings. The van der Waals surface area contributed by atoms with Gasteiger partial charge in [0.25, 0.3) is 5.91 Å². The van der Waals surface area contributed by atoms with Crippen molar-refractivity contribution in [2.45, 2.75) is 13.0 Å². The first-order valence-electron chi connectivity index (χ1n) is 7.85. The molecule has 26 heavy (non-hydrogen) atoms. The van der Waals surface area contributed by atoms with Crippen LogP contribution in [0.2, 0.25) is 0 Å². The fourth-order valence-corrected chi connectivity index (χ4v) is 2.82. The van der Waals surface area contributed by atoms with E-state index in [1.54, 1.807) is 35.6 Å². The number of carbonyl (C=O) groups is 3. The molecule has 7 heteroatoms. The van der Waals surface area contributed by atoms with Gasteiger partial charge in [-0.05, 0) is 42.1 Å². The van der Waals surface area contributed by atoms with Gasteiger partial charge in [-0.25, -0.2) is 9.59 Å². The Bertz CT molecular complexity index is 781. The molecule has 0 unspecified atom stereocenters. The third-order valence-electron chi connectivity index (χ3n) is 3.44. The van der Waals surface area contributed by atoms with Gasteiger partial charge < -0.3 is 14.8 Å². The highest BCUT2D eigenvalue weighted by Crippen LogP contribution is 2.17. The molecule has 1 aromatic heterocycles. The number of nitrogens with one attached hydrogen (secondary N) is 1. The second kappa shape index (κ2) is 9.53. The molecule has 0 bridgehead atoms. The van der Waals surface area contributed by atoms with E-state index in [0.29, 0.717) is 11.1 Å². The molecule has 1 atom stereocenters. The Balaban J connectivity index is 1.78. The zero-order valence-electron chi connectivity index (χ0n) is 14.4. The van der Waals surface area contributed by atoms with E-state index < -0.39 is 11.9 Å². The Kier molecular flexibility index (Phi) is 7.11. The summed E-state index contributed by atoms with van der Waals surface area (Å²) in [6.45, 7) is 1.52. The van der Waals surface area contributed by atoms with E-state index in [2.05, 4.69) is 10.1 Å². The smallest absolute Gasteiger partial charge is 0.337 e. The summed E-state index contributed by atoms with van der Waals surface area (Å²) < 4.78 is 9.53. The van der Waals surface area contributed by atoms with E-state index in [0.717, 1.165) is 4.88 Å². The molecule has 136 valence electrons. The second-order valence-corrected chi connectivity index (χ2v) is 6.34. The van der Waals surface area contributed by atoms with Gasteiger partial charge in [-0.3, -0.25) is 4.79 Å². The number of thiophene rings is 1. The average molecular weight is 373 g/mol. The van der Waals surface area contributed by atoms with Crippen LogP contribution in [0.3, 0.4) is 0 Å². The zero-order valence-corrected chi connectivity index (χ0v) is 15.2. The fraction of sp³-hybridized carbons (Fsp3) is 0.211. The Morgan fingerprint density at radius 2 is 1.92 bits per heavy atom. The number of rotatable bonds is 7. The topological polar surface area (TPSA) is 81.7 Å². The summed E-state index contributed by atoms with van der Waals surface area (Å²) in [7, 11) is 1.31. The second-order valence-electron chi connectivity index (χ2n) is 5.36. The van der Waals surface area contributed by atoms with Crippen LogP contribution >= 0.6 is 11.3 Å². The minimum Gasteiger partial charge on any atom is -0.465 e. The first-order valence-corrected chi connectivity index (χ1v) is 8.73. The Morgan fingerprint density at radius 1 is 1.19 bits per heavy atom. The lowest BCUT2D eigenvalue weighted by Gasteiger charge is -2.11. The Labute approximate surface area is 155 Å². The normalized spacial score (nSPS) is 11.8. The first kappa shape index (κ1) is 19.4. The van der Waals surface area contributed by atoms with Gasteiger partial charge in [-0.15, -0.1) is 11.3 Å². The molecule has 1 aromatic carbocycles. The SMILES string of the molecule is COC(=O)c1ccc(/C=C/C(=O)OCC(=O)N[C@H](C)c2cccs2)cc1. The molecule has 0 radical (unpaired) electrons. The molecule has 1 N–H and O–H groups in total. The van der Waals surface area contributed by atoms with Gasteiger partial charge in [0.15, 0.2) is 6.61 Å². The van der Waals surface area contributed by atoms with Crippen LogP contribution in [0, 0.1) is 0 Å². The van der Waals surface area contributed by atoms with Crippen molar-refractivity contribution >= 4 is 35.3 Å². The van der Waals surface area contributed by atoms with E-state index in [1.165, 1.54) is 19.3 Å². The van der Waals surface area contributed by atoms with Gasteiger partial charge in [0.1, 0.15) is 0 Å². The molecule has 6 nitrogen and oxygen atoms in total. The summed E-state index contributed by atoms with van der Waals surface area (Å²) in [6.07, 6.45) is 2.76. The predicted molar refractivity (Wildman–Crippen MR) is 98.7 cm³/mol. The van der Waals surface area contributed by atoms with Crippen LogP contribution in [0.5, 0.6) is 0 Å². The van der Waals surface area contributed by atoms with Crippen LogP contribution in [-0.2, 0) is 19.1 Å². The summed E-state index contributed by atoms with van der Waals surface area (Å²) in [4.78, 5) is 35.9. The third kappa shape index (κ3) is 5.86. The highest BCUT2D eigenvalue weighted by molar-refractivity contribution is 7.10. The lowest BCUT2D eigenvalue weighted by atomic mass is 10.1. The number of carbonyl (C=O) groups excluding carboxylic acids is 3. The number of methoxy groups -OCH3 is 1. The Morgan fingerprint density at radius 3 is 2.54 bits per heavy atom. The largest absolute Gasteiger partial charge is 0.465 e. The minimum atomic E-state index is -0.624. The van der Waals surface area contributed by atoms with Gasteiger partial charge >= 0.3 is 11.9 Å². The maximum absolute atomic E-state index is 11.8.